The number of thioether (sulfide) groups is 1. The van der Waals surface area contributed by atoms with Gasteiger partial charge < -0.3 is 14.8 Å². The lowest BCUT2D eigenvalue weighted by atomic mass is 9.85. The van der Waals surface area contributed by atoms with E-state index in [0.717, 1.165) is 0 Å². The number of hydrogen-bond acceptors (Lipinski definition) is 7. The van der Waals surface area contributed by atoms with Crippen molar-refractivity contribution in [2.75, 3.05) is 0 Å². The normalized spacial score (nSPS) is 25.6. The van der Waals surface area contributed by atoms with Crippen molar-refractivity contribution in [2.24, 2.45) is 5.10 Å². The van der Waals surface area contributed by atoms with Crippen LogP contribution in [0.4, 0.5) is 0 Å². The fraction of sp³-hybridized carbons (Fsp3) is 0.474. The zero-order chi connectivity index (χ0) is 20.7. The molecule has 1 aromatic rings. The Labute approximate surface area is 167 Å². The minimum absolute atomic E-state index is 0.267. The molecule has 9 heteroatoms. The second-order valence-electron chi connectivity index (χ2n) is 7.14. The minimum atomic E-state index is -0.919. The van der Waals surface area contributed by atoms with Crippen molar-refractivity contribution in [1.82, 2.24) is 10.3 Å². The smallest absolute Gasteiger partial charge is 0.308 e. The van der Waals surface area contributed by atoms with Crippen LogP contribution in [0, 0.1) is 0 Å². The van der Waals surface area contributed by atoms with E-state index < -0.39 is 16.4 Å². The van der Waals surface area contributed by atoms with Gasteiger partial charge in [-0.05, 0) is 31.5 Å². The SMILES string of the molecule is CCC1(C)CC2(SC(NC(C)=O)=NN2C(C)=O)c2cc(OC(C)=O)ccc2O1. The fourth-order valence-electron chi connectivity index (χ4n) is 3.43. The average molecular weight is 405 g/mol. The van der Waals surface area contributed by atoms with Crippen molar-refractivity contribution in [1.29, 1.82) is 0 Å². The summed E-state index contributed by atoms with van der Waals surface area (Å²) < 4.78 is 11.5. The van der Waals surface area contributed by atoms with E-state index in [2.05, 4.69) is 10.4 Å². The molecule has 0 aromatic heterocycles. The maximum absolute atomic E-state index is 12.5. The summed E-state index contributed by atoms with van der Waals surface area (Å²) in [4.78, 5) is 34.5. The van der Waals surface area contributed by atoms with Gasteiger partial charge >= 0.3 is 5.97 Å². The number of ether oxygens (including phenoxy) is 2. The molecule has 2 heterocycles. The summed E-state index contributed by atoms with van der Waals surface area (Å²) in [5.74, 6) is -0.0409. The molecule has 1 aromatic carbocycles. The van der Waals surface area contributed by atoms with E-state index >= 15 is 0 Å². The number of hydrazone groups is 1. The predicted octanol–water partition coefficient (Wildman–Crippen LogP) is 2.72. The molecule has 2 atom stereocenters. The highest BCUT2D eigenvalue weighted by molar-refractivity contribution is 8.14. The van der Waals surface area contributed by atoms with Crippen molar-refractivity contribution in [3.63, 3.8) is 0 Å². The highest BCUT2D eigenvalue weighted by atomic mass is 32.2. The molecule has 2 aliphatic rings. The van der Waals surface area contributed by atoms with Gasteiger partial charge in [0.25, 0.3) is 0 Å². The standard InChI is InChI=1S/C19H23N3O5S/c1-6-18(5)10-19(22(12(3)24)21-17(28-19)20-11(2)23)15-9-14(26-13(4)25)7-8-16(15)27-18/h7-9H,6,10H2,1-5H3,(H,20,21,23). The summed E-state index contributed by atoms with van der Waals surface area (Å²) in [6.45, 7) is 8.13. The van der Waals surface area contributed by atoms with Gasteiger partial charge in [-0.25, -0.2) is 5.01 Å². The number of carbonyl (C=O) groups excluding carboxylic acids is 3. The molecule has 1 spiro atoms. The summed E-state index contributed by atoms with van der Waals surface area (Å²) in [7, 11) is 0. The van der Waals surface area contributed by atoms with E-state index in [9.17, 15) is 14.4 Å². The van der Waals surface area contributed by atoms with Gasteiger partial charge in [0.2, 0.25) is 11.8 Å². The Morgan fingerprint density at radius 1 is 1.32 bits per heavy atom. The number of nitrogens with one attached hydrogen (secondary N) is 1. The Hall–Kier alpha value is -2.55. The average Bonchev–Trinajstić information content (AvgIpc) is 2.93. The largest absolute Gasteiger partial charge is 0.487 e. The van der Waals surface area contributed by atoms with Crippen molar-refractivity contribution in [3.05, 3.63) is 23.8 Å². The van der Waals surface area contributed by atoms with Crippen LogP contribution < -0.4 is 14.8 Å². The zero-order valence-electron chi connectivity index (χ0n) is 16.5. The quantitative estimate of drug-likeness (QED) is 0.600. The minimum Gasteiger partial charge on any atom is -0.487 e. The molecule has 0 bridgehead atoms. The molecule has 150 valence electrons. The molecule has 2 unspecified atom stereocenters. The predicted molar refractivity (Wildman–Crippen MR) is 105 cm³/mol. The van der Waals surface area contributed by atoms with E-state index in [1.165, 1.54) is 37.5 Å². The van der Waals surface area contributed by atoms with Crippen LogP contribution in [0.1, 0.15) is 53.0 Å². The van der Waals surface area contributed by atoms with Gasteiger partial charge in [-0.3, -0.25) is 14.4 Å². The molecule has 0 saturated heterocycles. The highest BCUT2D eigenvalue weighted by Crippen LogP contribution is 2.57. The fourth-order valence-corrected chi connectivity index (χ4v) is 4.97. The maximum atomic E-state index is 12.5. The van der Waals surface area contributed by atoms with Crippen LogP contribution in [0.15, 0.2) is 23.3 Å². The summed E-state index contributed by atoms with van der Waals surface area (Å²) in [6, 6.07) is 5.08. The number of fused-ring (bicyclic) bond motifs is 2. The molecule has 0 fully saturated rings. The molecule has 2 aliphatic heterocycles. The topological polar surface area (TPSA) is 97.3 Å². The first-order chi connectivity index (χ1) is 13.1. The lowest BCUT2D eigenvalue weighted by Crippen LogP contribution is -2.51. The Morgan fingerprint density at radius 2 is 2.04 bits per heavy atom. The van der Waals surface area contributed by atoms with Crippen LogP contribution >= 0.6 is 11.8 Å². The van der Waals surface area contributed by atoms with Crippen LogP contribution in [0.25, 0.3) is 0 Å². The van der Waals surface area contributed by atoms with Gasteiger partial charge in [0, 0.05) is 32.8 Å². The Morgan fingerprint density at radius 3 is 2.61 bits per heavy atom. The van der Waals surface area contributed by atoms with Crippen molar-refractivity contribution < 1.29 is 23.9 Å². The number of amides is 2. The zero-order valence-corrected chi connectivity index (χ0v) is 17.3. The van der Waals surface area contributed by atoms with E-state index in [-0.39, 0.29) is 11.8 Å². The summed E-state index contributed by atoms with van der Waals surface area (Å²) in [5.41, 5.74) is 0.124. The number of esters is 1. The lowest BCUT2D eigenvalue weighted by Gasteiger charge is -2.47. The van der Waals surface area contributed by atoms with Crippen molar-refractivity contribution >= 4 is 34.7 Å². The Kier molecular flexibility index (Phi) is 5.14. The van der Waals surface area contributed by atoms with Gasteiger partial charge in [-0.15, -0.1) is 5.10 Å². The first kappa shape index (κ1) is 20.2. The lowest BCUT2D eigenvalue weighted by molar-refractivity contribution is -0.135. The summed E-state index contributed by atoms with van der Waals surface area (Å²) >= 11 is 1.29. The molecular weight excluding hydrogens is 382 g/mol. The Balaban J connectivity index is 2.16. The molecule has 3 rings (SSSR count). The van der Waals surface area contributed by atoms with Crippen LogP contribution in [0.3, 0.4) is 0 Å². The van der Waals surface area contributed by atoms with E-state index in [4.69, 9.17) is 9.47 Å². The van der Waals surface area contributed by atoms with Crippen LogP contribution in [0.2, 0.25) is 0 Å². The maximum Gasteiger partial charge on any atom is 0.308 e. The van der Waals surface area contributed by atoms with Gasteiger partial charge in [0.15, 0.2) is 10.0 Å². The second kappa shape index (κ2) is 7.12. The first-order valence-corrected chi connectivity index (χ1v) is 9.78. The number of rotatable bonds is 2. The monoisotopic (exact) mass is 405 g/mol. The summed E-state index contributed by atoms with van der Waals surface area (Å²) in [5, 5.41) is 8.76. The van der Waals surface area contributed by atoms with E-state index in [0.29, 0.717) is 35.1 Å². The third-order valence-electron chi connectivity index (χ3n) is 4.73. The second-order valence-corrected chi connectivity index (χ2v) is 8.40. The van der Waals surface area contributed by atoms with Crippen molar-refractivity contribution in [2.45, 2.75) is 57.9 Å². The van der Waals surface area contributed by atoms with E-state index in [1.807, 2.05) is 13.8 Å². The van der Waals surface area contributed by atoms with Crippen molar-refractivity contribution in [3.8, 4) is 11.5 Å². The third-order valence-corrected chi connectivity index (χ3v) is 5.98. The molecule has 8 nitrogen and oxygen atoms in total. The molecule has 0 radical (unpaired) electrons. The highest BCUT2D eigenvalue weighted by Gasteiger charge is 2.56. The summed E-state index contributed by atoms with van der Waals surface area (Å²) in [6.07, 6.45) is 1.16. The van der Waals surface area contributed by atoms with Crippen LogP contribution in [-0.4, -0.2) is 33.6 Å². The Bertz CT molecular complexity index is 886. The van der Waals surface area contributed by atoms with Crippen LogP contribution in [-0.2, 0) is 19.3 Å². The van der Waals surface area contributed by atoms with Gasteiger partial charge in [0.05, 0.1) is 0 Å². The molecule has 0 saturated carbocycles. The van der Waals surface area contributed by atoms with Gasteiger partial charge in [-0.2, -0.15) is 0 Å². The first-order valence-electron chi connectivity index (χ1n) is 8.96. The number of hydrogen-bond donors (Lipinski definition) is 1. The number of nitrogens with zero attached hydrogens (tertiary/aromatic N) is 2. The van der Waals surface area contributed by atoms with Gasteiger partial charge in [-0.1, -0.05) is 18.7 Å². The molecule has 0 aliphatic carbocycles. The number of benzene rings is 1. The number of amidine groups is 1. The van der Waals surface area contributed by atoms with E-state index in [1.54, 1.807) is 18.2 Å². The molecular formula is C19H23N3O5S. The third kappa shape index (κ3) is 3.58. The molecule has 1 N–H and O–H groups in total. The number of carbonyl (C=O) groups is 3. The van der Waals surface area contributed by atoms with Gasteiger partial charge in [0.1, 0.15) is 17.1 Å². The van der Waals surface area contributed by atoms with Crippen LogP contribution in [0.5, 0.6) is 11.5 Å². The molecule has 28 heavy (non-hydrogen) atoms. The molecule has 2 amide bonds.